The number of nitrogens with zero attached hydrogens (tertiary/aromatic N) is 2. The predicted molar refractivity (Wildman–Crippen MR) is 113 cm³/mol. The molecule has 2 N–H and O–H groups in total. The van der Waals surface area contributed by atoms with Crippen LogP contribution in [0, 0.1) is 0 Å². The summed E-state index contributed by atoms with van der Waals surface area (Å²) in [6, 6.07) is 4.60. The largest absolute Gasteiger partial charge is 0.352 e. The van der Waals surface area contributed by atoms with E-state index in [1.165, 1.54) is 12.1 Å². The number of unbranched alkanes of at least 4 members (excludes halogenated alkanes) is 1. The number of nitrogens with one attached hydrogen (secondary N) is 2. The van der Waals surface area contributed by atoms with E-state index in [1.54, 1.807) is 6.07 Å². The van der Waals surface area contributed by atoms with Gasteiger partial charge >= 0.3 is 0 Å². The van der Waals surface area contributed by atoms with Gasteiger partial charge in [0.05, 0.1) is 10.5 Å². The number of rotatable bonds is 9. The van der Waals surface area contributed by atoms with Gasteiger partial charge < -0.3 is 15.1 Å². The Balaban J connectivity index is 1.46. The van der Waals surface area contributed by atoms with E-state index in [0.29, 0.717) is 16.6 Å². The SMILES string of the molecule is CN1CCN(CCCCNC(=O)c2cc(S(=O)(=O)NC3CC3)ccc2Br)CC1. The van der Waals surface area contributed by atoms with E-state index < -0.39 is 10.0 Å². The van der Waals surface area contributed by atoms with Crippen LogP contribution in [0.5, 0.6) is 0 Å². The highest BCUT2D eigenvalue weighted by Gasteiger charge is 2.28. The molecule has 0 bridgehead atoms. The maximum absolute atomic E-state index is 12.5. The van der Waals surface area contributed by atoms with Gasteiger partial charge in [-0.3, -0.25) is 4.79 Å². The zero-order valence-corrected chi connectivity index (χ0v) is 18.7. The van der Waals surface area contributed by atoms with Crippen LogP contribution in [-0.4, -0.2) is 76.5 Å². The first-order valence-electron chi connectivity index (χ1n) is 9.86. The van der Waals surface area contributed by atoms with Crippen molar-refractivity contribution in [3.8, 4) is 0 Å². The number of halogens is 1. The Kier molecular flexibility index (Phi) is 7.49. The van der Waals surface area contributed by atoms with E-state index in [1.807, 2.05) is 0 Å². The monoisotopic (exact) mass is 472 g/mol. The fraction of sp³-hybridized carbons (Fsp3) is 0.632. The Labute approximate surface area is 176 Å². The summed E-state index contributed by atoms with van der Waals surface area (Å²) in [7, 11) is -1.43. The van der Waals surface area contributed by atoms with Crippen LogP contribution in [0.3, 0.4) is 0 Å². The van der Waals surface area contributed by atoms with Gasteiger partial charge in [0.15, 0.2) is 0 Å². The van der Waals surface area contributed by atoms with Crippen LogP contribution in [0.25, 0.3) is 0 Å². The number of hydrogen-bond donors (Lipinski definition) is 2. The van der Waals surface area contributed by atoms with E-state index in [4.69, 9.17) is 0 Å². The van der Waals surface area contributed by atoms with Gasteiger partial charge in [-0.05, 0) is 73.4 Å². The third-order valence-electron chi connectivity index (χ3n) is 5.17. The lowest BCUT2D eigenvalue weighted by molar-refractivity contribution is 0.0951. The summed E-state index contributed by atoms with van der Waals surface area (Å²) in [5, 5.41) is 2.91. The number of sulfonamides is 1. The number of carbonyl (C=O) groups excluding carboxylic acids is 1. The molecular weight excluding hydrogens is 444 g/mol. The van der Waals surface area contributed by atoms with Gasteiger partial charge in [0, 0.05) is 43.2 Å². The van der Waals surface area contributed by atoms with Gasteiger partial charge in [-0.1, -0.05) is 0 Å². The fourth-order valence-corrected chi connectivity index (χ4v) is 4.92. The van der Waals surface area contributed by atoms with Crippen molar-refractivity contribution in [3.05, 3.63) is 28.2 Å². The highest BCUT2D eigenvalue weighted by molar-refractivity contribution is 9.10. The molecule has 1 aliphatic carbocycles. The van der Waals surface area contributed by atoms with Gasteiger partial charge in [-0.25, -0.2) is 13.1 Å². The molecule has 1 amide bonds. The molecule has 28 heavy (non-hydrogen) atoms. The van der Waals surface area contributed by atoms with E-state index in [0.717, 1.165) is 58.4 Å². The number of benzene rings is 1. The highest BCUT2D eigenvalue weighted by atomic mass is 79.9. The normalized spacial score (nSPS) is 18.9. The van der Waals surface area contributed by atoms with Gasteiger partial charge in [-0.2, -0.15) is 0 Å². The maximum Gasteiger partial charge on any atom is 0.252 e. The quantitative estimate of drug-likeness (QED) is 0.534. The molecule has 0 radical (unpaired) electrons. The molecule has 7 nitrogen and oxygen atoms in total. The molecule has 0 atom stereocenters. The van der Waals surface area contributed by atoms with Gasteiger partial charge in [0.1, 0.15) is 0 Å². The van der Waals surface area contributed by atoms with Crippen molar-refractivity contribution >= 4 is 31.9 Å². The van der Waals surface area contributed by atoms with Crippen molar-refractivity contribution in [1.82, 2.24) is 19.8 Å². The second-order valence-electron chi connectivity index (χ2n) is 7.65. The van der Waals surface area contributed by atoms with Gasteiger partial charge in [0.2, 0.25) is 10.0 Å². The van der Waals surface area contributed by atoms with Gasteiger partial charge in [0.25, 0.3) is 5.91 Å². The van der Waals surface area contributed by atoms with E-state index in [2.05, 4.69) is 42.8 Å². The van der Waals surface area contributed by atoms with Crippen LogP contribution in [0.15, 0.2) is 27.6 Å². The molecule has 1 heterocycles. The molecule has 1 aromatic carbocycles. The Bertz CT molecular complexity index is 790. The minimum Gasteiger partial charge on any atom is -0.352 e. The zero-order chi connectivity index (χ0) is 20.1. The molecule has 1 saturated carbocycles. The van der Waals surface area contributed by atoms with Crippen molar-refractivity contribution in [3.63, 3.8) is 0 Å². The first kappa shape index (κ1) is 21.7. The Morgan fingerprint density at radius 2 is 1.89 bits per heavy atom. The van der Waals surface area contributed by atoms with Crippen molar-refractivity contribution < 1.29 is 13.2 Å². The van der Waals surface area contributed by atoms with E-state index in [-0.39, 0.29) is 16.8 Å². The number of hydrogen-bond acceptors (Lipinski definition) is 5. The molecule has 0 aromatic heterocycles. The molecular formula is C19H29BrN4O3S. The third kappa shape index (κ3) is 6.25. The first-order chi connectivity index (χ1) is 13.3. The Morgan fingerprint density at radius 1 is 1.18 bits per heavy atom. The maximum atomic E-state index is 12.5. The average Bonchev–Trinajstić information content (AvgIpc) is 3.46. The second kappa shape index (κ2) is 9.67. The summed E-state index contributed by atoms with van der Waals surface area (Å²) in [4.78, 5) is 17.4. The summed E-state index contributed by atoms with van der Waals surface area (Å²) >= 11 is 3.35. The lowest BCUT2D eigenvalue weighted by Crippen LogP contribution is -2.44. The van der Waals surface area contributed by atoms with Crippen LogP contribution < -0.4 is 10.0 Å². The van der Waals surface area contributed by atoms with Crippen molar-refractivity contribution in [2.45, 2.75) is 36.6 Å². The van der Waals surface area contributed by atoms with Crippen LogP contribution in [0.4, 0.5) is 0 Å². The summed E-state index contributed by atoms with van der Waals surface area (Å²) < 4.78 is 28.0. The minimum atomic E-state index is -3.58. The smallest absolute Gasteiger partial charge is 0.252 e. The number of amides is 1. The fourth-order valence-electron chi connectivity index (χ4n) is 3.16. The molecule has 2 aliphatic rings. The minimum absolute atomic E-state index is 0.0335. The summed E-state index contributed by atoms with van der Waals surface area (Å²) in [6.07, 6.45) is 3.68. The van der Waals surface area contributed by atoms with Gasteiger partial charge in [-0.15, -0.1) is 0 Å². The van der Waals surface area contributed by atoms with Crippen LogP contribution in [0.1, 0.15) is 36.0 Å². The van der Waals surface area contributed by atoms with Crippen molar-refractivity contribution in [2.75, 3.05) is 46.3 Å². The molecule has 156 valence electrons. The van der Waals surface area contributed by atoms with Crippen LogP contribution in [0.2, 0.25) is 0 Å². The number of carbonyl (C=O) groups is 1. The number of piperazine rings is 1. The topological polar surface area (TPSA) is 81.8 Å². The van der Waals surface area contributed by atoms with E-state index >= 15 is 0 Å². The molecule has 2 fully saturated rings. The zero-order valence-electron chi connectivity index (χ0n) is 16.3. The molecule has 1 aromatic rings. The van der Waals surface area contributed by atoms with Crippen molar-refractivity contribution in [2.24, 2.45) is 0 Å². The van der Waals surface area contributed by atoms with Crippen molar-refractivity contribution in [1.29, 1.82) is 0 Å². The first-order valence-corrected chi connectivity index (χ1v) is 12.1. The molecule has 0 spiro atoms. The second-order valence-corrected chi connectivity index (χ2v) is 10.2. The highest BCUT2D eigenvalue weighted by Crippen LogP contribution is 2.25. The lowest BCUT2D eigenvalue weighted by Gasteiger charge is -2.32. The molecule has 1 saturated heterocycles. The predicted octanol–water partition coefficient (Wildman–Crippen LogP) is 1.65. The van der Waals surface area contributed by atoms with E-state index in [9.17, 15) is 13.2 Å². The lowest BCUT2D eigenvalue weighted by atomic mass is 10.2. The average molecular weight is 473 g/mol. The Hall–Kier alpha value is -1.00. The summed E-state index contributed by atoms with van der Waals surface area (Å²) in [6.45, 7) is 6.06. The molecule has 9 heteroatoms. The third-order valence-corrected chi connectivity index (χ3v) is 7.38. The standard InChI is InChI=1S/C19H29BrN4O3S/c1-23-10-12-24(13-11-23)9-3-2-8-21-19(25)17-14-16(6-7-18(17)20)28(26,27)22-15-4-5-15/h6-7,14-15,22H,2-5,8-13H2,1H3,(H,21,25). The summed E-state index contributed by atoms with van der Waals surface area (Å²) in [5.74, 6) is -0.255. The molecule has 1 aliphatic heterocycles. The van der Waals surface area contributed by atoms with Crippen LogP contribution in [-0.2, 0) is 10.0 Å². The van der Waals surface area contributed by atoms with Crippen LogP contribution >= 0.6 is 15.9 Å². The number of likely N-dealkylation sites (N-methyl/N-ethyl adjacent to an activating group) is 1. The summed E-state index contributed by atoms with van der Waals surface area (Å²) in [5.41, 5.74) is 0.345. The molecule has 0 unspecified atom stereocenters. The molecule has 3 rings (SSSR count). The Morgan fingerprint density at radius 3 is 2.57 bits per heavy atom.